The summed E-state index contributed by atoms with van der Waals surface area (Å²) in [5, 5.41) is 2.86. The third-order valence-electron chi connectivity index (χ3n) is 2.92. The van der Waals surface area contributed by atoms with Crippen LogP contribution in [0.1, 0.15) is 17.5 Å². The zero-order valence-electron chi connectivity index (χ0n) is 11.8. The topological polar surface area (TPSA) is 38.3 Å². The molecule has 0 unspecified atom stereocenters. The summed E-state index contributed by atoms with van der Waals surface area (Å²) in [5.74, 6) is 0.752. The molecule has 0 aromatic heterocycles. The monoisotopic (exact) mass is 269 g/mol. The molecule has 0 saturated heterocycles. The molecule has 0 radical (unpaired) electrons. The van der Waals surface area contributed by atoms with Gasteiger partial charge in [-0.3, -0.25) is 4.79 Å². The van der Waals surface area contributed by atoms with E-state index in [0.717, 1.165) is 17.0 Å². The van der Waals surface area contributed by atoms with Crippen LogP contribution in [0.15, 0.2) is 48.5 Å². The van der Waals surface area contributed by atoms with Crippen molar-refractivity contribution in [1.82, 2.24) is 0 Å². The summed E-state index contributed by atoms with van der Waals surface area (Å²) in [6.07, 6.45) is 0.335. The van der Waals surface area contributed by atoms with E-state index in [4.69, 9.17) is 4.74 Å². The van der Waals surface area contributed by atoms with Gasteiger partial charge in [0.25, 0.3) is 0 Å². The highest BCUT2D eigenvalue weighted by molar-refractivity contribution is 5.90. The Morgan fingerprint density at radius 1 is 1.05 bits per heavy atom. The number of rotatable bonds is 5. The van der Waals surface area contributed by atoms with Crippen LogP contribution in [0.4, 0.5) is 5.69 Å². The first kappa shape index (κ1) is 14.1. The summed E-state index contributed by atoms with van der Waals surface area (Å²) in [6.45, 7) is 4.40. The van der Waals surface area contributed by atoms with Gasteiger partial charge in [0.05, 0.1) is 13.0 Å². The molecule has 0 aliphatic carbocycles. The molecule has 0 spiro atoms. The lowest BCUT2D eigenvalue weighted by Gasteiger charge is -2.08. The van der Waals surface area contributed by atoms with Crippen LogP contribution in [-0.4, -0.2) is 12.5 Å². The summed E-state index contributed by atoms with van der Waals surface area (Å²) in [7, 11) is 0. The largest absolute Gasteiger partial charge is 0.493 e. The minimum atomic E-state index is -0.0392. The van der Waals surface area contributed by atoms with Gasteiger partial charge in [0.1, 0.15) is 5.75 Å². The molecule has 0 fully saturated rings. The predicted molar refractivity (Wildman–Crippen MR) is 81.1 cm³/mol. The van der Waals surface area contributed by atoms with E-state index in [9.17, 15) is 4.79 Å². The Balaban J connectivity index is 1.76. The molecule has 0 atom stereocenters. The van der Waals surface area contributed by atoms with E-state index in [2.05, 4.69) is 5.32 Å². The summed E-state index contributed by atoms with van der Waals surface area (Å²) in [4.78, 5) is 11.8. The van der Waals surface area contributed by atoms with Gasteiger partial charge in [-0.1, -0.05) is 29.8 Å². The number of anilines is 1. The first-order chi connectivity index (χ1) is 9.63. The molecule has 20 heavy (non-hydrogen) atoms. The highest BCUT2D eigenvalue weighted by Gasteiger charge is 2.03. The summed E-state index contributed by atoms with van der Waals surface area (Å²) in [5.41, 5.74) is 3.14. The molecular formula is C17H19NO2. The molecule has 2 aromatic carbocycles. The van der Waals surface area contributed by atoms with Crippen LogP contribution >= 0.6 is 0 Å². The average Bonchev–Trinajstić information content (AvgIpc) is 2.41. The van der Waals surface area contributed by atoms with Crippen LogP contribution in [0.2, 0.25) is 0 Å². The van der Waals surface area contributed by atoms with Crippen LogP contribution in [0.3, 0.4) is 0 Å². The number of ether oxygens (including phenoxy) is 1. The van der Waals surface area contributed by atoms with E-state index in [1.165, 1.54) is 5.56 Å². The zero-order valence-corrected chi connectivity index (χ0v) is 11.8. The van der Waals surface area contributed by atoms with Crippen molar-refractivity contribution in [3.63, 3.8) is 0 Å². The van der Waals surface area contributed by atoms with Gasteiger partial charge in [0.15, 0.2) is 0 Å². The lowest BCUT2D eigenvalue weighted by atomic mass is 10.2. The standard InChI is InChI=1S/C17H19NO2/c1-13-6-8-16(9-7-13)20-11-10-17(19)18-15-5-3-4-14(2)12-15/h3-9,12H,10-11H2,1-2H3,(H,18,19). The van der Waals surface area contributed by atoms with E-state index in [1.54, 1.807) is 0 Å². The van der Waals surface area contributed by atoms with E-state index in [0.29, 0.717) is 13.0 Å². The first-order valence-corrected chi connectivity index (χ1v) is 6.69. The van der Waals surface area contributed by atoms with Crippen LogP contribution in [-0.2, 0) is 4.79 Å². The van der Waals surface area contributed by atoms with Gasteiger partial charge in [0, 0.05) is 5.69 Å². The Morgan fingerprint density at radius 2 is 1.80 bits per heavy atom. The Morgan fingerprint density at radius 3 is 2.50 bits per heavy atom. The van der Waals surface area contributed by atoms with Gasteiger partial charge >= 0.3 is 0 Å². The highest BCUT2D eigenvalue weighted by atomic mass is 16.5. The van der Waals surface area contributed by atoms with Crippen molar-refractivity contribution in [2.24, 2.45) is 0 Å². The van der Waals surface area contributed by atoms with Crippen LogP contribution in [0, 0.1) is 13.8 Å². The smallest absolute Gasteiger partial charge is 0.227 e. The van der Waals surface area contributed by atoms with Gasteiger partial charge in [-0.15, -0.1) is 0 Å². The van der Waals surface area contributed by atoms with Gasteiger partial charge in [-0.2, -0.15) is 0 Å². The minimum absolute atomic E-state index is 0.0392. The van der Waals surface area contributed by atoms with E-state index >= 15 is 0 Å². The van der Waals surface area contributed by atoms with E-state index in [1.807, 2.05) is 62.4 Å². The van der Waals surface area contributed by atoms with Crippen molar-refractivity contribution in [2.75, 3.05) is 11.9 Å². The number of nitrogens with one attached hydrogen (secondary N) is 1. The van der Waals surface area contributed by atoms with E-state index in [-0.39, 0.29) is 5.91 Å². The molecule has 2 aromatic rings. The van der Waals surface area contributed by atoms with Gasteiger partial charge in [-0.25, -0.2) is 0 Å². The lowest BCUT2D eigenvalue weighted by molar-refractivity contribution is -0.116. The Hall–Kier alpha value is -2.29. The second kappa shape index (κ2) is 6.75. The molecule has 3 heteroatoms. The third-order valence-corrected chi connectivity index (χ3v) is 2.92. The molecule has 0 heterocycles. The summed E-state index contributed by atoms with van der Waals surface area (Å²) < 4.78 is 5.53. The number of carbonyl (C=O) groups is 1. The van der Waals surface area contributed by atoms with Gasteiger partial charge < -0.3 is 10.1 Å². The lowest BCUT2D eigenvalue weighted by Crippen LogP contribution is -2.15. The fraction of sp³-hybridized carbons (Fsp3) is 0.235. The molecule has 1 N–H and O–H groups in total. The number of aryl methyl sites for hydroxylation is 2. The fourth-order valence-corrected chi connectivity index (χ4v) is 1.84. The maximum Gasteiger partial charge on any atom is 0.227 e. The average molecular weight is 269 g/mol. The van der Waals surface area contributed by atoms with Crippen molar-refractivity contribution in [2.45, 2.75) is 20.3 Å². The Labute approximate surface area is 119 Å². The number of hydrogen-bond acceptors (Lipinski definition) is 2. The number of carbonyl (C=O) groups excluding carboxylic acids is 1. The Bertz CT molecular complexity index is 576. The number of amides is 1. The molecule has 3 nitrogen and oxygen atoms in total. The Kier molecular flexibility index (Phi) is 4.77. The van der Waals surface area contributed by atoms with Crippen molar-refractivity contribution >= 4 is 11.6 Å². The van der Waals surface area contributed by atoms with Crippen LogP contribution in [0.5, 0.6) is 5.75 Å². The molecule has 0 aliphatic heterocycles. The van der Waals surface area contributed by atoms with Crippen molar-refractivity contribution in [1.29, 1.82) is 0 Å². The molecule has 0 bridgehead atoms. The van der Waals surface area contributed by atoms with Crippen LogP contribution in [0.25, 0.3) is 0 Å². The van der Waals surface area contributed by atoms with Crippen molar-refractivity contribution in [3.05, 3.63) is 59.7 Å². The van der Waals surface area contributed by atoms with Crippen molar-refractivity contribution in [3.8, 4) is 5.75 Å². The van der Waals surface area contributed by atoms with Gasteiger partial charge in [-0.05, 0) is 43.7 Å². The number of hydrogen-bond donors (Lipinski definition) is 1. The quantitative estimate of drug-likeness (QED) is 0.898. The zero-order chi connectivity index (χ0) is 14.4. The minimum Gasteiger partial charge on any atom is -0.493 e. The molecular weight excluding hydrogens is 250 g/mol. The number of benzene rings is 2. The van der Waals surface area contributed by atoms with Crippen molar-refractivity contribution < 1.29 is 9.53 Å². The maximum atomic E-state index is 11.8. The summed E-state index contributed by atoms with van der Waals surface area (Å²) >= 11 is 0. The normalized spacial score (nSPS) is 10.1. The first-order valence-electron chi connectivity index (χ1n) is 6.69. The SMILES string of the molecule is Cc1ccc(OCCC(=O)Nc2cccc(C)c2)cc1. The summed E-state index contributed by atoms with van der Waals surface area (Å²) in [6, 6.07) is 15.5. The van der Waals surface area contributed by atoms with Crippen LogP contribution < -0.4 is 10.1 Å². The molecule has 0 saturated carbocycles. The molecule has 104 valence electrons. The maximum absolute atomic E-state index is 11.8. The molecule has 2 rings (SSSR count). The fourth-order valence-electron chi connectivity index (χ4n) is 1.84. The second-order valence-corrected chi connectivity index (χ2v) is 4.83. The van der Waals surface area contributed by atoms with Gasteiger partial charge in [0.2, 0.25) is 5.91 Å². The predicted octanol–water partition coefficient (Wildman–Crippen LogP) is 3.71. The molecule has 1 amide bonds. The highest BCUT2D eigenvalue weighted by Crippen LogP contribution is 2.12. The van der Waals surface area contributed by atoms with E-state index < -0.39 is 0 Å². The third kappa shape index (κ3) is 4.43. The second-order valence-electron chi connectivity index (χ2n) is 4.83. The molecule has 0 aliphatic rings.